The summed E-state index contributed by atoms with van der Waals surface area (Å²) >= 11 is 1.64. The van der Waals surface area contributed by atoms with E-state index in [4.69, 9.17) is 4.74 Å². The van der Waals surface area contributed by atoms with E-state index in [0.29, 0.717) is 5.56 Å². The SMILES string of the molecule is CO[C@H]1CNC[C@@H]1NC(=O)c1ccc2sc(C)nc2c1.Cl. The van der Waals surface area contributed by atoms with Crippen LogP contribution in [0.1, 0.15) is 15.4 Å². The van der Waals surface area contributed by atoms with Crippen molar-refractivity contribution in [3.05, 3.63) is 28.8 Å². The summed E-state index contributed by atoms with van der Waals surface area (Å²) in [5.41, 5.74) is 1.53. The van der Waals surface area contributed by atoms with Crippen molar-refractivity contribution in [1.29, 1.82) is 0 Å². The molecule has 21 heavy (non-hydrogen) atoms. The number of hydrogen-bond acceptors (Lipinski definition) is 5. The molecule has 2 heterocycles. The Kier molecular flexibility index (Phi) is 5.16. The van der Waals surface area contributed by atoms with E-state index in [2.05, 4.69) is 15.6 Å². The molecule has 0 saturated carbocycles. The number of aryl methyl sites for hydroxylation is 1. The predicted octanol–water partition coefficient (Wildman–Crippen LogP) is 1.74. The van der Waals surface area contributed by atoms with E-state index < -0.39 is 0 Å². The number of halogens is 1. The molecule has 1 fully saturated rings. The summed E-state index contributed by atoms with van der Waals surface area (Å²) in [6.07, 6.45) is 0.0317. The molecule has 1 amide bonds. The summed E-state index contributed by atoms with van der Waals surface area (Å²) in [6.45, 7) is 3.48. The summed E-state index contributed by atoms with van der Waals surface area (Å²) in [5, 5.41) is 7.24. The highest BCUT2D eigenvalue weighted by Crippen LogP contribution is 2.22. The van der Waals surface area contributed by atoms with Gasteiger partial charge in [-0.05, 0) is 25.1 Å². The van der Waals surface area contributed by atoms with Crippen molar-refractivity contribution in [3.63, 3.8) is 0 Å². The summed E-state index contributed by atoms with van der Waals surface area (Å²) < 4.78 is 6.45. The maximum Gasteiger partial charge on any atom is 0.251 e. The van der Waals surface area contributed by atoms with Crippen LogP contribution in [0.15, 0.2) is 18.2 Å². The summed E-state index contributed by atoms with van der Waals surface area (Å²) in [4.78, 5) is 16.7. The van der Waals surface area contributed by atoms with Crippen LogP contribution in [-0.4, -0.2) is 43.2 Å². The van der Waals surface area contributed by atoms with Gasteiger partial charge in [-0.15, -0.1) is 23.7 Å². The lowest BCUT2D eigenvalue weighted by atomic mass is 10.1. The van der Waals surface area contributed by atoms with Gasteiger partial charge in [0.25, 0.3) is 5.91 Å². The normalized spacial score (nSPS) is 21.2. The van der Waals surface area contributed by atoms with Crippen LogP contribution < -0.4 is 10.6 Å². The molecule has 0 spiro atoms. The third-order valence-electron chi connectivity index (χ3n) is 3.53. The van der Waals surface area contributed by atoms with Crippen LogP contribution in [0, 0.1) is 6.92 Å². The fourth-order valence-electron chi connectivity index (χ4n) is 2.48. The molecule has 2 atom stereocenters. The van der Waals surface area contributed by atoms with Gasteiger partial charge in [0, 0.05) is 25.8 Å². The maximum atomic E-state index is 12.3. The average Bonchev–Trinajstić information content (AvgIpc) is 3.02. The van der Waals surface area contributed by atoms with Crippen LogP contribution in [0.25, 0.3) is 10.2 Å². The van der Waals surface area contributed by atoms with Gasteiger partial charge in [-0.2, -0.15) is 0 Å². The number of hydrogen-bond donors (Lipinski definition) is 2. The second kappa shape index (κ2) is 6.70. The molecule has 2 aromatic rings. The largest absolute Gasteiger partial charge is 0.378 e. The maximum absolute atomic E-state index is 12.3. The monoisotopic (exact) mass is 327 g/mol. The average molecular weight is 328 g/mol. The lowest BCUT2D eigenvalue weighted by molar-refractivity contribution is 0.0780. The molecule has 0 aliphatic carbocycles. The van der Waals surface area contributed by atoms with E-state index >= 15 is 0 Å². The van der Waals surface area contributed by atoms with E-state index in [1.807, 2.05) is 25.1 Å². The molecule has 0 radical (unpaired) electrons. The minimum absolute atomic E-state index is 0. The van der Waals surface area contributed by atoms with Crippen LogP contribution >= 0.6 is 23.7 Å². The van der Waals surface area contributed by atoms with Gasteiger partial charge in [-0.25, -0.2) is 4.98 Å². The van der Waals surface area contributed by atoms with E-state index in [-0.39, 0.29) is 30.5 Å². The highest BCUT2D eigenvalue weighted by Gasteiger charge is 2.28. The number of benzene rings is 1. The summed E-state index contributed by atoms with van der Waals surface area (Å²) in [5.74, 6) is -0.0756. The zero-order valence-electron chi connectivity index (χ0n) is 11.9. The van der Waals surface area contributed by atoms with Crippen LogP contribution in [0.4, 0.5) is 0 Å². The highest BCUT2D eigenvalue weighted by atomic mass is 35.5. The smallest absolute Gasteiger partial charge is 0.251 e. The number of thiazole rings is 1. The first-order valence-corrected chi connectivity index (χ1v) is 7.40. The number of carbonyl (C=O) groups excluding carboxylic acids is 1. The van der Waals surface area contributed by atoms with E-state index in [0.717, 1.165) is 28.3 Å². The zero-order chi connectivity index (χ0) is 14.1. The van der Waals surface area contributed by atoms with Crippen LogP contribution in [0.2, 0.25) is 0 Å². The Morgan fingerprint density at radius 1 is 1.48 bits per heavy atom. The van der Waals surface area contributed by atoms with E-state index in [9.17, 15) is 4.79 Å². The quantitative estimate of drug-likeness (QED) is 0.901. The lowest BCUT2D eigenvalue weighted by Gasteiger charge is -2.18. The Bertz CT molecular complexity index is 646. The minimum atomic E-state index is -0.0756. The first-order valence-electron chi connectivity index (χ1n) is 6.59. The van der Waals surface area contributed by atoms with E-state index in [1.165, 1.54) is 0 Å². The van der Waals surface area contributed by atoms with Crippen molar-refractivity contribution in [2.45, 2.75) is 19.1 Å². The van der Waals surface area contributed by atoms with Gasteiger partial charge in [-0.3, -0.25) is 4.79 Å². The second-order valence-electron chi connectivity index (χ2n) is 4.93. The zero-order valence-corrected chi connectivity index (χ0v) is 13.5. The molecule has 114 valence electrons. The number of rotatable bonds is 3. The number of fused-ring (bicyclic) bond motifs is 1. The molecule has 0 bridgehead atoms. The van der Waals surface area contributed by atoms with Crippen molar-refractivity contribution >= 4 is 39.9 Å². The molecule has 7 heteroatoms. The number of nitrogens with one attached hydrogen (secondary N) is 2. The summed E-state index contributed by atoms with van der Waals surface area (Å²) in [7, 11) is 1.67. The van der Waals surface area contributed by atoms with Crippen molar-refractivity contribution in [1.82, 2.24) is 15.6 Å². The van der Waals surface area contributed by atoms with Gasteiger partial charge < -0.3 is 15.4 Å². The molecule has 1 saturated heterocycles. The van der Waals surface area contributed by atoms with Crippen molar-refractivity contribution < 1.29 is 9.53 Å². The Morgan fingerprint density at radius 2 is 2.29 bits per heavy atom. The van der Waals surface area contributed by atoms with Crippen molar-refractivity contribution in [3.8, 4) is 0 Å². The van der Waals surface area contributed by atoms with E-state index in [1.54, 1.807) is 18.4 Å². The van der Waals surface area contributed by atoms with Crippen LogP contribution in [-0.2, 0) is 4.74 Å². The molecular formula is C14H18ClN3O2S. The van der Waals surface area contributed by atoms with Crippen molar-refractivity contribution in [2.75, 3.05) is 20.2 Å². The van der Waals surface area contributed by atoms with Crippen LogP contribution in [0.5, 0.6) is 0 Å². The molecule has 0 unspecified atom stereocenters. The van der Waals surface area contributed by atoms with Crippen LogP contribution in [0.3, 0.4) is 0 Å². The topological polar surface area (TPSA) is 63.2 Å². The van der Waals surface area contributed by atoms with Gasteiger partial charge >= 0.3 is 0 Å². The molecular weight excluding hydrogens is 310 g/mol. The lowest BCUT2D eigenvalue weighted by Crippen LogP contribution is -2.43. The fourth-order valence-corrected chi connectivity index (χ4v) is 3.29. The number of amides is 1. The Balaban J connectivity index is 0.00000161. The number of nitrogens with zero attached hydrogens (tertiary/aromatic N) is 1. The number of carbonyl (C=O) groups is 1. The minimum Gasteiger partial charge on any atom is -0.378 e. The first-order chi connectivity index (χ1) is 9.67. The molecule has 1 aliphatic rings. The Morgan fingerprint density at radius 3 is 3.05 bits per heavy atom. The Labute approximate surface area is 133 Å². The molecule has 1 aromatic heterocycles. The predicted molar refractivity (Wildman–Crippen MR) is 86.5 cm³/mol. The molecule has 2 N–H and O–H groups in total. The number of ether oxygens (including phenoxy) is 1. The number of aromatic nitrogens is 1. The van der Waals surface area contributed by atoms with Gasteiger partial charge in [-0.1, -0.05) is 0 Å². The Hall–Kier alpha value is -1.21. The fraction of sp³-hybridized carbons (Fsp3) is 0.429. The van der Waals surface area contributed by atoms with Gasteiger partial charge in [0.05, 0.1) is 27.4 Å². The molecule has 5 nitrogen and oxygen atoms in total. The first kappa shape index (κ1) is 16.2. The third kappa shape index (κ3) is 3.35. The molecule has 1 aromatic carbocycles. The van der Waals surface area contributed by atoms with Gasteiger partial charge in [0.2, 0.25) is 0 Å². The summed E-state index contributed by atoms with van der Waals surface area (Å²) in [6, 6.07) is 5.66. The highest BCUT2D eigenvalue weighted by molar-refractivity contribution is 7.18. The van der Waals surface area contributed by atoms with Crippen molar-refractivity contribution in [2.24, 2.45) is 0 Å². The molecule has 1 aliphatic heterocycles. The third-order valence-corrected chi connectivity index (χ3v) is 4.49. The number of methoxy groups -OCH3 is 1. The van der Waals surface area contributed by atoms with Gasteiger partial charge in [0.15, 0.2) is 0 Å². The standard InChI is InChI=1S/C14H17N3O2S.ClH/c1-8-16-10-5-9(3-4-13(10)20-8)14(18)17-11-6-15-7-12(11)19-2;/h3-5,11-12,15H,6-7H2,1-2H3,(H,17,18);1H/t11-,12-;/m0./s1. The second-order valence-corrected chi connectivity index (χ2v) is 6.16. The molecule has 3 rings (SSSR count). The van der Waals surface area contributed by atoms with Gasteiger partial charge in [0.1, 0.15) is 0 Å².